The molecule has 1 aromatic carbocycles. The predicted molar refractivity (Wildman–Crippen MR) is 87.7 cm³/mol. The van der Waals surface area contributed by atoms with Crippen molar-refractivity contribution < 1.29 is 14.3 Å². The van der Waals surface area contributed by atoms with E-state index in [9.17, 15) is 4.79 Å². The lowest BCUT2D eigenvalue weighted by Crippen LogP contribution is -2.23. The van der Waals surface area contributed by atoms with E-state index >= 15 is 0 Å². The zero-order valence-corrected chi connectivity index (χ0v) is 14.4. The van der Waals surface area contributed by atoms with Crippen molar-refractivity contribution >= 4 is 33.4 Å². The lowest BCUT2D eigenvalue weighted by Gasteiger charge is -2.11. The second kappa shape index (κ2) is 7.47. The Balaban J connectivity index is 2.12. The van der Waals surface area contributed by atoms with Gasteiger partial charge in [0.2, 0.25) is 0 Å². The van der Waals surface area contributed by atoms with E-state index in [0.29, 0.717) is 28.1 Å². The van der Waals surface area contributed by atoms with Crippen molar-refractivity contribution in [2.45, 2.75) is 6.54 Å². The molecule has 7 heteroatoms. The van der Waals surface area contributed by atoms with Crippen molar-refractivity contribution in [3.8, 4) is 11.5 Å². The third kappa shape index (κ3) is 3.90. The van der Waals surface area contributed by atoms with Crippen molar-refractivity contribution in [1.29, 1.82) is 0 Å². The summed E-state index contributed by atoms with van der Waals surface area (Å²) in [6, 6.07) is 7.02. The van der Waals surface area contributed by atoms with Crippen LogP contribution in [0.4, 0.5) is 0 Å². The Morgan fingerprint density at radius 2 is 2.09 bits per heavy atom. The fourth-order valence-corrected chi connectivity index (χ4v) is 2.37. The Hall–Kier alpha value is -1.79. The normalized spacial score (nSPS) is 10.2. The van der Waals surface area contributed by atoms with Gasteiger partial charge in [0.25, 0.3) is 5.91 Å². The molecular formula is C15H14BrClN2O3. The summed E-state index contributed by atoms with van der Waals surface area (Å²) in [5.74, 6) is 1.01. The van der Waals surface area contributed by atoms with E-state index in [-0.39, 0.29) is 11.1 Å². The van der Waals surface area contributed by atoms with Gasteiger partial charge in [0.05, 0.1) is 19.8 Å². The van der Waals surface area contributed by atoms with Gasteiger partial charge >= 0.3 is 0 Å². The summed E-state index contributed by atoms with van der Waals surface area (Å²) in [7, 11) is 3.15. The smallest absolute Gasteiger partial charge is 0.254 e. The number of nitrogens with zero attached hydrogens (tertiary/aromatic N) is 1. The van der Waals surface area contributed by atoms with Crippen LogP contribution in [0.15, 0.2) is 34.9 Å². The van der Waals surface area contributed by atoms with Crippen LogP contribution in [0.5, 0.6) is 11.5 Å². The first kappa shape index (κ1) is 16.6. The number of carbonyl (C=O) groups is 1. The van der Waals surface area contributed by atoms with Crippen LogP contribution in [-0.2, 0) is 6.54 Å². The lowest BCUT2D eigenvalue weighted by molar-refractivity contribution is 0.0950. The van der Waals surface area contributed by atoms with E-state index < -0.39 is 0 Å². The molecule has 0 radical (unpaired) electrons. The minimum Gasteiger partial charge on any atom is -0.497 e. The first-order valence-electron chi connectivity index (χ1n) is 6.35. The summed E-state index contributed by atoms with van der Waals surface area (Å²) in [4.78, 5) is 16.1. The molecule has 22 heavy (non-hydrogen) atoms. The maximum atomic E-state index is 12.2. The third-order valence-corrected chi connectivity index (χ3v) is 3.72. The molecule has 0 unspecified atom stereocenters. The summed E-state index contributed by atoms with van der Waals surface area (Å²) in [6.45, 7) is 0.300. The third-order valence-electron chi connectivity index (χ3n) is 2.98. The molecule has 2 rings (SSSR count). The molecule has 0 aliphatic carbocycles. The molecule has 0 aliphatic heterocycles. The van der Waals surface area contributed by atoms with Crippen LogP contribution >= 0.6 is 27.5 Å². The van der Waals surface area contributed by atoms with Crippen LogP contribution in [0, 0.1) is 0 Å². The SMILES string of the molecule is COc1ccc(CNC(=O)c2cc(Br)cnc2Cl)c(OC)c1. The highest BCUT2D eigenvalue weighted by Gasteiger charge is 2.13. The Bertz CT molecular complexity index is 694. The first-order valence-corrected chi connectivity index (χ1v) is 7.52. The van der Waals surface area contributed by atoms with Crippen molar-refractivity contribution in [2.24, 2.45) is 0 Å². The average Bonchev–Trinajstić information content (AvgIpc) is 2.54. The number of benzene rings is 1. The van der Waals surface area contributed by atoms with Crippen molar-refractivity contribution in [3.63, 3.8) is 0 Å². The highest BCUT2D eigenvalue weighted by Crippen LogP contribution is 2.24. The Morgan fingerprint density at radius 1 is 1.32 bits per heavy atom. The summed E-state index contributed by atoms with van der Waals surface area (Å²) in [5.41, 5.74) is 1.14. The second-order valence-electron chi connectivity index (χ2n) is 4.35. The van der Waals surface area contributed by atoms with E-state index in [1.165, 1.54) is 6.20 Å². The molecule has 0 fully saturated rings. The summed E-state index contributed by atoms with van der Waals surface area (Å²) in [6.07, 6.45) is 1.53. The Labute approximate surface area is 141 Å². The largest absolute Gasteiger partial charge is 0.497 e. The molecule has 1 amide bonds. The molecule has 5 nitrogen and oxygen atoms in total. The number of aromatic nitrogens is 1. The van der Waals surface area contributed by atoms with Gasteiger partial charge in [-0.05, 0) is 34.1 Å². The number of ether oxygens (including phenoxy) is 2. The van der Waals surface area contributed by atoms with Crippen LogP contribution in [-0.4, -0.2) is 25.1 Å². The van der Waals surface area contributed by atoms with Gasteiger partial charge in [-0.2, -0.15) is 0 Å². The van der Waals surface area contributed by atoms with Crippen LogP contribution in [0.25, 0.3) is 0 Å². The average molecular weight is 386 g/mol. The molecule has 0 saturated heterocycles. The highest BCUT2D eigenvalue weighted by molar-refractivity contribution is 9.10. The molecule has 1 aromatic heterocycles. The molecule has 1 heterocycles. The van der Waals surface area contributed by atoms with E-state index in [4.69, 9.17) is 21.1 Å². The van der Waals surface area contributed by atoms with Crippen molar-refractivity contribution in [1.82, 2.24) is 10.3 Å². The van der Waals surface area contributed by atoms with E-state index in [0.717, 1.165) is 5.56 Å². The summed E-state index contributed by atoms with van der Waals surface area (Å²) in [5, 5.41) is 2.95. The van der Waals surface area contributed by atoms with Crippen LogP contribution in [0.1, 0.15) is 15.9 Å². The quantitative estimate of drug-likeness (QED) is 0.801. The van der Waals surface area contributed by atoms with E-state index in [1.54, 1.807) is 32.4 Å². The van der Waals surface area contributed by atoms with Gasteiger partial charge in [0.15, 0.2) is 0 Å². The fourth-order valence-electron chi connectivity index (χ4n) is 1.85. The predicted octanol–water partition coefficient (Wildman–Crippen LogP) is 3.44. The minimum absolute atomic E-state index is 0.155. The molecule has 0 atom stereocenters. The standard InChI is InChI=1S/C15H14BrClN2O3/c1-21-11-4-3-9(13(6-11)22-2)7-19-15(20)12-5-10(16)8-18-14(12)17/h3-6,8H,7H2,1-2H3,(H,19,20). The molecule has 0 aliphatic rings. The van der Waals surface area contributed by atoms with Gasteiger partial charge in [0, 0.05) is 28.8 Å². The van der Waals surface area contributed by atoms with Gasteiger partial charge in [-0.25, -0.2) is 4.98 Å². The molecule has 0 spiro atoms. The lowest BCUT2D eigenvalue weighted by atomic mass is 10.2. The van der Waals surface area contributed by atoms with Gasteiger partial charge in [-0.3, -0.25) is 4.79 Å². The zero-order valence-electron chi connectivity index (χ0n) is 12.0. The number of halogens is 2. The minimum atomic E-state index is -0.309. The summed E-state index contributed by atoms with van der Waals surface area (Å²) < 4.78 is 11.1. The first-order chi connectivity index (χ1) is 10.5. The zero-order chi connectivity index (χ0) is 16.1. The number of hydrogen-bond acceptors (Lipinski definition) is 4. The highest BCUT2D eigenvalue weighted by atomic mass is 79.9. The van der Waals surface area contributed by atoms with Crippen molar-refractivity contribution in [3.05, 3.63) is 51.2 Å². The van der Waals surface area contributed by atoms with Crippen LogP contribution in [0.3, 0.4) is 0 Å². The number of nitrogens with one attached hydrogen (secondary N) is 1. The molecular weight excluding hydrogens is 372 g/mol. The number of pyridine rings is 1. The van der Waals surface area contributed by atoms with Gasteiger partial charge in [-0.15, -0.1) is 0 Å². The van der Waals surface area contributed by atoms with E-state index in [2.05, 4.69) is 26.2 Å². The van der Waals surface area contributed by atoms with Gasteiger partial charge in [-0.1, -0.05) is 11.6 Å². The van der Waals surface area contributed by atoms with Gasteiger partial charge in [0.1, 0.15) is 16.7 Å². The van der Waals surface area contributed by atoms with Crippen LogP contribution in [0.2, 0.25) is 5.15 Å². The number of carbonyl (C=O) groups excluding carboxylic acids is 1. The molecule has 1 N–H and O–H groups in total. The molecule has 0 saturated carbocycles. The number of hydrogen-bond donors (Lipinski definition) is 1. The number of methoxy groups -OCH3 is 2. The number of amides is 1. The number of rotatable bonds is 5. The summed E-state index contributed by atoms with van der Waals surface area (Å²) >= 11 is 9.20. The fraction of sp³-hybridized carbons (Fsp3) is 0.200. The monoisotopic (exact) mass is 384 g/mol. The van der Waals surface area contributed by atoms with Gasteiger partial charge < -0.3 is 14.8 Å². The molecule has 0 bridgehead atoms. The maximum absolute atomic E-state index is 12.2. The molecule has 2 aromatic rings. The maximum Gasteiger partial charge on any atom is 0.254 e. The van der Waals surface area contributed by atoms with Crippen LogP contribution < -0.4 is 14.8 Å². The van der Waals surface area contributed by atoms with E-state index in [1.807, 2.05) is 6.07 Å². The Kier molecular flexibility index (Phi) is 5.63. The van der Waals surface area contributed by atoms with Crippen molar-refractivity contribution in [2.75, 3.05) is 14.2 Å². The topological polar surface area (TPSA) is 60.5 Å². The molecule has 116 valence electrons. The second-order valence-corrected chi connectivity index (χ2v) is 5.63. The Morgan fingerprint density at radius 3 is 2.77 bits per heavy atom.